The van der Waals surface area contributed by atoms with Gasteiger partial charge >= 0.3 is 0 Å². The lowest BCUT2D eigenvalue weighted by atomic mass is 10.3. The molecule has 1 aliphatic rings. The smallest absolute Gasteiger partial charge is 0.257 e. The fraction of sp³-hybridized carbons (Fsp3) is 0.800. The van der Waals surface area contributed by atoms with Gasteiger partial charge in [-0.2, -0.15) is 0 Å². The van der Waals surface area contributed by atoms with Gasteiger partial charge in [0.15, 0.2) is 0 Å². The monoisotopic (exact) mass is 264 g/mol. The molecule has 1 rings (SSSR count). The molecule has 0 unspecified atom stereocenters. The maximum Gasteiger partial charge on any atom is 0.257 e. The Balaban J connectivity index is 2.00. The van der Waals surface area contributed by atoms with E-state index < -0.39 is 11.0 Å². The number of thiol groups is 1. The molecule has 0 radical (unpaired) electrons. The molecule has 0 saturated carbocycles. The summed E-state index contributed by atoms with van der Waals surface area (Å²) in [5.41, 5.74) is 0. The summed E-state index contributed by atoms with van der Waals surface area (Å²) >= 11 is 0. The van der Waals surface area contributed by atoms with E-state index >= 15 is 0 Å². The molecule has 1 aliphatic heterocycles. The van der Waals surface area contributed by atoms with E-state index in [-0.39, 0.29) is 6.61 Å². The van der Waals surface area contributed by atoms with Crippen LogP contribution in [0.25, 0.3) is 0 Å². The zero-order valence-electron chi connectivity index (χ0n) is 10.1. The predicted octanol–water partition coefficient (Wildman–Crippen LogP) is 0.00230. The topological polar surface area (TPSA) is 59.1 Å². The highest BCUT2D eigenvalue weighted by Gasteiger charge is 2.10. The summed E-state index contributed by atoms with van der Waals surface area (Å²) in [6.45, 7) is 3.69. The van der Waals surface area contributed by atoms with E-state index in [9.17, 15) is 8.42 Å². The maximum absolute atomic E-state index is 10.1. The molecule has 17 heavy (non-hydrogen) atoms. The number of rotatable bonds is 9. The minimum Gasteiger partial charge on any atom is -0.383 e. The number of nitrogens with zero attached hydrogens (tertiary/aromatic N) is 2. The van der Waals surface area contributed by atoms with Crippen LogP contribution in [0.4, 0.5) is 0 Å². The first-order valence-corrected chi connectivity index (χ1v) is 6.74. The van der Waals surface area contributed by atoms with E-state index in [0.29, 0.717) is 0 Å². The van der Waals surface area contributed by atoms with Crippen LogP contribution in [0.15, 0.2) is 12.4 Å². The van der Waals surface area contributed by atoms with Crippen molar-refractivity contribution in [3.05, 3.63) is 12.4 Å². The SMILES string of the molecule is COCCN1C=CN(CCCCO[SH](=O)=O)C1. The minimum absolute atomic E-state index is 0.281. The highest BCUT2D eigenvalue weighted by atomic mass is 32.2. The molecule has 0 saturated heterocycles. The summed E-state index contributed by atoms with van der Waals surface area (Å²) in [6, 6.07) is 0. The highest BCUT2D eigenvalue weighted by Crippen LogP contribution is 2.07. The van der Waals surface area contributed by atoms with Gasteiger partial charge in [-0.25, -0.2) is 8.42 Å². The average Bonchev–Trinajstić information content (AvgIpc) is 2.73. The second kappa shape index (κ2) is 8.32. The minimum atomic E-state index is -2.69. The van der Waals surface area contributed by atoms with Crippen molar-refractivity contribution in [2.45, 2.75) is 12.8 Å². The van der Waals surface area contributed by atoms with E-state index in [0.717, 1.165) is 39.2 Å². The van der Waals surface area contributed by atoms with Gasteiger partial charge in [-0.15, -0.1) is 0 Å². The van der Waals surface area contributed by atoms with Crippen molar-refractivity contribution in [2.24, 2.45) is 0 Å². The van der Waals surface area contributed by atoms with Gasteiger partial charge in [0.25, 0.3) is 11.0 Å². The van der Waals surface area contributed by atoms with E-state index in [1.165, 1.54) is 0 Å². The second-order valence-corrected chi connectivity index (χ2v) is 4.53. The van der Waals surface area contributed by atoms with Crippen LogP contribution in [0.3, 0.4) is 0 Å². The van der Waals surface area contributed by atoms with Gasteiger partial charge in [0.1, 0.15) is 0 Å². The third-order valence-corrected chi connectivity index (χ3v) is 2.86. The first kappa shape index (κ1) is 14.3. The summed E-state index contributed by atoms with van der Waals surface area (Å²) in [5, 5.41) is 0. The Labute approximate surface area is 104 Å². The van der Waals surface area contributed by atoms with Crippen molar-refractivity contribution >= 4 is 11.0 Å². The molecule has 0 fully saturated rings. The van der Waals surface area contributed by atoms with Crippen LogP contribution < -0.4 is 0 Å². The van der Waals surface area contributed by atoms with Crippen LogP contribution in [0.2, 0.25) is 0 Å². The second-order valence-electron chi connectivity index (χ2n) is 3.82. The molecule has 100 valence electrons. The number of hydrogen-bond donors (Lipinski definition) is 1. The Kier molecular flexibility index (Phi) is 6.99. The molecule has 0 bridgehead atoms. The summed E-state index contributed by atoms with van der Waals surface area (Å²) in [5.74, 6) is 0. The molecule has 0 atom stereocenters. The van der Waals surface area contributed by atoms with Gasteiger partial charge in [-0.1, -0.05) is 0 Å². The Morgan fingerprint density at radius 1 is 1.12 bits per heavy atom. The Morgan fingerprint density at radius 3 is 2.47 bits per heavy atom. The molecule has 0 amide bonds. The molecule has 0 N–H and O–H groups in total. The zero-order chi connectivity index (χ0) is 12.5. The quantitative estimate of drug-likeness (QED) is 0.467. The van der Waals surface area contributed by atoms with E-state index in [1.54, 1.807) is 7.11 Å². The highest BCUT2D eigenvalue weighted by molar-refractivity contribution is 7.67. The number of methoxy groups -OCH3 is 1. The number of ether oxygens (including phenoxy) is 1. The molecule has 1 heterocycles. The molecule has 0 aromatic carbocycles. The summed E-state index contributed by atoms with van der Waals surface area (Å²) < 4.78 is 29.8. The third kappa shape index (κ3) is 6.50. The van der Waals surface area contributed by atoms with Gasteiger partial charge in [0.2, 0.25) is 0 Å². The first-order chi connectivity index (χ1) is 8.22. The van der Waals surface area contributed by atoms with Crippen molar-refractivity contribution in [3.8, 4) is 0 Å². The largest absolute Gasteiger partial charge is 0.383 e. The molecular formula is C10H20N2O4S. The first-order valence-electron chi connectivity index (χ1n) is 5.65. The van der Waals surface area contributed by atoms with E-state index in [4.69, 9.17) is 4.74 Å². The summed E-state index contributed by atoms with van der Waals surface area (Å²) in [4.78, 5) is 4.36. The van der Waals surface area contributed by atoms with Crippen molar-refractivity contribution < 1.29 is 17.3 Å². The van der Waals surface area contributed by atoms with Crippen molar-refractivity contribution in [3.63, 3.8) is 0 Å². The molecule has 0 aromatic rings. The Hall–Kier alpha value is -0.790. The number of hydrogen-bond acceptors (Lipinski definition) is 6. The normalized spacial score (nSPS) is 15.2. The molecular weight excluding hydrogens is 244 g/mol. The van der Waals surface area contributed by atoms with Crippen LogP contribution in [-0.2, 0) is 19.9 Å². The fourth-order valence-corrected chi connectivity index (χ4v) is 1.85. The molecule has 0 aliphatic carbocycles. The average molecular weight is 264 g/mol. The lowest BCUT2D eigenvalue weighted by Gasteiger charge is -2.20. The van der Waals surface area contributed by atoms with Gasteiger partial charge < -0.3 is 14.5 Å². The van der Waals surface area contributed by atoms with Gasteiger partial charge in [-0.3, -0.25) is 4.18 Å². The fourth-order valence-electron chi connectivity index (χ4n) is 1.57. The summed E-state index contributed by atoms with van der Waals surface area (Å²) in [6.07, 6.45) is 5.77. The third-order valence-electron chi connectivity index (χ3n) is 2.47. The standard InChI is InChI=1S/C10H20N2O4S/c1-15-9-7-12-6-5-11(10-12)4-2-3-8-16-17(13)14/h5-6,17H,2-4,7-10H2,1H3. The van der Waals surface area contributed by atoms with E-state index in [2.05, 4.69) is 14.0 Å². The van der Waals surface area contributed by atoms with E-state index in [1.807, 2.05) is 12.4 Å². The van der Waals surface area contributed by atoms with Gasteiger partial charge in [0.05, 0.1) is 19.9 Å². The lowest BCUT2D eigenvalue weighted by molar-refractivity contribution is 0.156. The number of unbranched alkanes of at least 4 members (excludes halogenated alkanes) is 1. The van der Waals surface area contributed by atoms with Crippen molar-refractivity contribution in [1.82, 2.24) is 9.80 Å². The van der Waals surface area contributed by atoms with Crippen LogP contribution in [0.1, 0.15) is 12.8 Å². The Morgan fingerprint density at radius 2 is 1.82 bits per heavy atom. The molecule has 6 nitrogen and oxygen atoms in total. The van der Waals surface area contributed by atoms with Crippen LogP contribution in [0.5, 0.6) is 0 Å². The van der Waals surface area contributed by atoms with Crippen LogP contribution in [-0.4, -0.2) is 58.3 Å². The van der Waals surface area contributed by atoms with Gasteiger partial charge in [0, 0.05) is 32.6 Å². The summed E-state index contributed by atoms with van der Waals surface area (Å²) in [7, 11) is -0.998. The lowest BCUT2D eigenvalue weighted by Crippen LogP contribution is -2.28. The molecule has 7 heteroatoms. The van der Waals surface area contributed by atoms with Gasteiger partial charge in [-0.05, 0) is 12.8 Å². The van der Waals surface area contributed by atoms with Crippen molar-refractivity contribution in [2.75, 3.05) is 40.1 Å². The Bertz CT molecular complexity index is 299. The van der Waals surface area contributed by atoms with Crippen molar-refractivity contribution in [1.29, 1.82) is 0 Å². The van der Waals surface area contributed by atoms with Crippen LogP contribution in [0, 0.1) is 0 Å². The molecule has 0 aromatic heterocycles. The molecule has 0 spiro atoms. The predicted molar refractivity (Wildman–Crippen MR) is 64.8 cm³/mol. The van der Waals surface area contributed by atoms with Crippen LogP contribution >= 0.6 is 0 Å². The zero-order valence-corrected chi connectivity index (χ0v) is 11.0. The maximum atomic E-state index is 10.1.